The molecule has 1 atom stereocenters. The fourth-order valence-corrected chi connectivity index (χ4v) is 2.20. The predicted molar refractivity (Wildman–Crippen MR) is 46.7 cm³/mol. The summed E-state index contributed by atoms with van der Waals surface area (Å²) in [5.74, 6) is 0.382. The predicted octanol–water partition coefficient (Wildman–Crippen LogP) is 1.10. The molecule has 11 heavy (non-hydrogen) atoms. The maximum Gasteiger partial charge on any atom is 0.209 e. The van der Waals surface area contributed by atoms with E-state index < -0.39 is 10.0 Å². The molecule has 0 radical (unpaired) electrons. The third-order valence-corrected chi connectivity index (χ3v) is 2.68. The standard InChI is InChI=1S/C7H17NO2S/c1-3-5-7(4-2)6-11(8,9)10/h7H,3-6H2,1-2H3,(H2,8,9,10). The Bertz CT molecular complexity index is 187. The molecule has 0 aliphatic carbocycles. The van der Waals surface area contributed by atoms with Crippen LogP contribution in [0.15, 0.2) is 0 Å². The van der Waals surface area contributed by atoms with Crippen LogP contribution in [0.4, 0.5) is 0 Å². The van der Waals surface area contributed by atoms with Crippen molar-refractivity contribution in [2.24, 2.45) is 11.1 Å². The summed E-state index contributed by atoms with van der Waals surface area (Å²) in [7, 11) is -3.26. The molecule has 0 saturated heterocycles. The smallest absolute Gasteiger partial charge is 0.209 e. The van der Waals surface area contributed by atoms with E-state index in [9.17, 15) is 8.42 Å². The van der Waals surface area contributed by atoms with Crippen molar-refractivity contribution >= 4 is 10.0 Å². The van der Waals surface area contributed by atoms with E-state index in [0.29, 0.717) is 0 Å². The minimum Gasteiger partial charge on any atom is -0.229 e. The fraction of sp³-hybridized carbons (Fsp3) is 1.00. The third-order valence-electron chi connectivity index (χ3n) is 1.74. The Kier molecular flexibility index (Phi) is 4.68. The number of hydrogen-bond donors (Lipinski definition) is 1. The molecular formula is C7H17NO2S. The summed E-state index contributed by atoms with van der Waals surface area (Å²) < 4.78 is 21.3. The SMILES string of the molecule is CCCC(CC)CS(N)(=O)=O. The molecule has 0 aromatic rings. The summed E-state index contributed by atoms with van der Waals surface area (Å²) in [4.78, 5) is 0. The van der Waals surface area contributed by atoms with Crippen LogP contribution in [-0.4, -0.2) is 14.2 Å². The Hall–Kier alpha value is -0.0900. The monoisotopic (exact) mass is 179 g/mol. The highest BCUT2D eigenvalue weighted by Crippen LogP contribution is 2.11. The van der Waals surface area contributed by atoms with Gasteiger partial charge in [0.1, 0.15) is 0 Å². The van der Waals surface area contributed by atoms with Gasteiger partial charge in [-0.15, -0.1) is 0 Å². The molecule has 0 saturated carbocycles. The molecule has 0 bridgehead atoms. The van der Waals surface area contributed by atoms with E-state index in [2.05, 4.69) is 0 Å². The van der Waals surface area contributed by atoms with Gasteiger partial charge in [0.05, 0.1) is 5.75 Å². The van der Waals surface area contributed by atoms with Gasteiger partial charge in [-0.2, -0.15) is 0 Å². The van der Waals surface area contributed by atoms with Crippen molar-refractivity contribution in [3.63, 3.8) is 0 Å². The van der Waals surface area contributed by atoms with Gasteiger partial charge in [-0.3, -0.25) is 0 Å². The molecule has 0 aliphatic heterocycles. The summed E-state index contributed by atoms with van der Waals surface area (Å²) in [5.41, 5.74) is 0. The van der Waals surface area contributed by atoms with Gasteiger partial charge in [0.15, 0.2) is 0 Å². The van der Waals surface area contributed by atoms with E-state index >= 15 is 0 Å². The second-order valence-corrected chi connectivity index (χ2v) is 4.55. The van der Waals surface area contributed by atoms with Gasteiger partial charge >= 0.3 is 0 Å². The lowest BCUT2D eigenvalue weighted by Crippen LogP contribution is -2.22. The number of hydrogen-bond acceptors (Lipinski definition) is 2. The Morgan fingerprint density at radius 3 is 2.18 bits per heavy atom. The Labute approximate surface area is 69.0 Å². The quantitative estimate of drug-likeness (QED) is 0.687. The van der Waals surface area contributed by atoms with Crippen molar-refractivity contribution < 1.29 is 8.42 Å². The fourth-order valence-electron chi connectivity index (χ4n) is 1.14. The maximum absolute atomic E-state index is 10.7. The lowest BCUT2D eigenvalue weighted by molar-refractivity contribution is 0.498. The lowest BCUT2D eigenvalue weighted by atomic mass is 10.0. The number of rotatable bonds is 5. The van der Waals surface area contributed by atoms with Crippen LogP contribution in [0.2, 0.25) is 0 Å². The average Bonchev–Trinajstić information content (AvgIpc) is 1.84. The molecule has 0 aliphatic rings. The summed E-state index contributed by atoms with van der Waals surface area (Å²) in [5, 5.41) is 4.91. The number of sulfonamides is 1. The van der Waals surface area contributed by atoms with E-state index in [-0.39, 0.29) is 11.7 Å². The van der Waals surface area contributed by atoms with Crippen molar-refractivity contribution in [2.45, 2.75) is 33.1 Å². The van der Waals surface area contributed by atoms with Crippen LogP contribution in [-0.2, 0) is 10.0 Å². The van der Waals surface area contributed by atoms with Crippen LogP contribution in [0.25, 0.3) is 0 Å². The molecule has 0 heterocycles. The molecule has 1 unspecified atom stereocenters. The zero-order chi connectivity index (χ0) is 8.91. The van der Waals surface area contributed by atoms with Crippen molar-refractivity contribution in [1.82, 2.24) is 0 Å². The van der Waals surface area contributed by atoms with Gasteiger partial charge < -0.3 is 0 Å². The van der Waals surface area contributed by atoms with Crippen LogP contribution in [0.5, 0.6) is 0 Å². The van der Waals surface area contributed by atoms with E-state index in [0.717, 1.165) is 19.3 Å². The van der Waals surface area contributed by atoms with Crippen molar-refractivity contribution in [2.75, 3.05) is 5.75 Å². The molecule has 0 aromatic carbocycles. The minimum absolute atomic E-state index is 0.136. The van der Waals surface area contributed by atoms with Gasteiger partial charge in [-0.1, -0.05) is 26.7 Å². The van der Waals surface area contributed by atoms with Crippen LogP contribution in [0, 0.1) is 5.92 Å². The van der Waals surface area contributed by atoms with Crippen molar-refractivity contribution in [3.8, 4) is 0 Å². The molecule has 0 aromatic heterocycles. The topological polar surface area (TPSA) is 60.2 Å². The van der Waals surface area contributed by atoms with Gasteiger partial charge in [0, 0.05) is 0 Å². The van der Waals surface area contributed by atoms with E-state index in [4.69, 9.17) is 5.14 Å². The van der Waals surface area contributed by atoms with Gasteiger partial charge in [0.25, 0.3) is 0 Å². The second kappa shape index (κ2) is 4.72. The molecule has 2 N–H and O–H groups in total. The first kappa shape index (κ1) is 10.9. The second-order valence-electron chi connectivity index (χ2n) is 2.89. The molecule has 0 spiro atoms. The molecular weight excluding hydrogens is 162 g/mol. The molecule has 0 rings (SSSR count). The Morgan fingerprint density at radius 1 is 1.36 bits per heavy atom. The van der Waals surface area contributed by atoms with Crippen LogP contribution >= 0.6 is 0 Å². The van der Waals surface area contributed by atoms with Crippen molar-refractivity contribution in [1.29, 1.82) is 0 Å². The Balaban J connectivity index is 3.88. The van der Waals surface area contributed by atoms with Gasteiger partial charge in [-0.25, -0.2) is 13.6 Å². The highest BCUT2D eigenvalue weighted by Gasteiger charge is 2.12. The first-order valence-corrected chi connectivity index (χ1v) is 5.71. The highest BCUT2D eigenvalue weighted by atomic mass is 32.2. The first-order chi connectivity index (χ1) is 4.99. The maximum atomic E-state index is 10.7. The summed E-state index contributed by atoms with van der Waals surface area (Å²) >= 11 is 0. The molecule has 4 heteroatoms. The Morgan fingerprint density at radius 2 is 1.91 bits per heavy atom. The average molecular weight is 179 g/mol. The highest BCUT2D eigenvalue weighted by molar-refractivity contribution is 7.89. The summed E-state index contributed by atoms with van der Waals surface area (Å²) in [6.07, 6.45) is 2.87. The summed E-state index contributed by atoms with van der Waals surface area (Å²) in [6, 6.07) is 0. The zero-order valence-electron chi connectivity index (χ0n) is 7.21. The lowest BCUT2D eigenvalue weighted by Gasteiger charge is -2.10. The van der Waals surface area contributed by atoms with Crippen molar-refractivity contribution in [3.05, 3.63) is 0 Å². The van der Waals surface area contributed by atoms with Crippen LogP contribution in [0.3, 0.4) is 0 Å². The molecule has 3 nitrogen and oxygen atoms in total. The van der Waals surface area contributed by atoms with Crippen LogP contribution in [0.1, 0.15) is 33.1 Å². The number of primary sulfonamides is 1. The first-order valence-electron chi connectivity index (χ1n) is 4.00. The van der Waals surface area contributed by atoms with E-state index in [1.165, 1.54) is 0 Å². The molecule has 0 amide bonds. The largest absolute Gasteiger partial charge is 0.229 e. The van der Waals surface area contributed by atoms with Crippen LogP contribution < -0.4 is 5.14 Å². The number of nitrogens with two attached hydrogens (primary N) is 1. The normalized spacial score (nSPS) is 14.8. The van der Waals surface area contributed by atoms with Gasteiger partial charge in [0.2, 0.25) is 10.0 Å². The zero-order valence-corrected chi connectivity index (χ0v) is 8.02. The molecule has 68 valence electrons. The molecule has 0 fully saturated rings. The van der Waals surface area contributed by atoms with E-state index in [1.807, 2.05) is 13.8 Å². The minimum atomic E-state index is -3.26. The van der Waals surface area contributed by atoms with E-state index in [1.54, 1.807) is 0 Å². The van der Waals surface area contributed by atoms with Gasteiger partial charge in [-0.05, 0) is 12.3 Å². The third kappa shape index (κ3) is 6.31. The summed E-state index contributed by atoms with van der Waals surface area (Å²) in [6.45, 7) is 4.04.